The lowest BCUT2D eigenvalue weighted by Crippen LogP contribution is -2.35. The topological polar surface area (TPSA) is 42.4 Å². The second-order valence-corrected chi connectivity index (χ2v) is 6.60. The summed E-state index contributed by atoms with van der Waals surface area (Å²) in [5.41, 5.74) is 1.81. The molecule has 3 rings (SSSR count). The lowest BCUT2D eigenvalue weighted by molar-refractivity contribution is -0.120. The minimum absolute atomic E-state index is 0.152. The molecular weight excluding hydrogens is 379 g/mol. The molecule has 0 aliphatic rings. The molecule has 6 heteroatoms. The van der Waals surface area contributed by atoms with Crippen LogP contribution in [0, 0.1) is 5.82 Å². The number of hydrogen-bond donors (Lipinski definition) is 0. The number of benzene rings is 2. The van der Waals surface area contributed by atoms with Crippen molar-refractivity contribution in [2.45, 2.75) is 19.9 Å². The van der Waals surface area contributed by atoms with Crippen molar-refractivity contribution in [1.82, 2.24) is 4.98 Å². The molecular formula is C22H20ClFN2O2. The lowest BCUT2D eigenvalue weighted by atomic mass is 10.2. The monoisotopic (exact) mass is 398 g/mol. The van der Waals surface area contributed by atoms with Gasteiger partial charge in [-0.2, -0.15) is 0 Å². The number of carbonyl (C=O) groups excluding carboxylic acids is 1. The highest BCUT2D eigenvalue weighted by Gasteiger charge is 2.19. The van der Waals surface area contributed by atoms with Gasteiger partial charge in [-0.05, 0) is 53.9 Å². The Morgan fingerprint density at radius 3 is 2.57 bits per heavy atom. The van der Waals surface area contributed by atoms with E-state index in [-0.39, 0.29) is 24.1 Å². The number of anilines is 1. The highest BCUT2D eigenvalue weighted by Crippen LogP contribution is 2.22. The molecule has 0 atom stereocenters. The van der Waals surface area contributed by atoms with E-state index in [0.29, 0.717) is 17.1 Å². The quantitative estimate of drug-likeness (QED) is 0.559. The van der Waals surface area contributed by atoms with Gasteiger partial charge in [0.25, 0.3) is 5.91 Å². The fraction of sp³-hybridized carbons (Fsp3) is 0.182. The summed E-state index contributed by atoms with van der Waals surface area (Å²) in [7, 11) is 0. The molecule has 0 saturated heterocycles. The maximum absolute atomic E-state index is 13.3. The minimum Gasteiger partial charge on any atom is -0.484 e. The minimum atomic E-state index is -0.427. The first-order valence-electron chi connectivity index (χ1n) is 8.94. The molecule has 3 aromatic rings. The highest BCUT2D eigenvalue weighted by atomic mass is 35.5. The van der Waals surface area contributed by atoms with Gasteiger partial charge in [0.05, 0.1) is 6.54 Å². The predicted octanol–water partition coefficient (Wildman–Crippen LogP) is 5.05. The standard InChI is InChI=1S/C22H20ClFN2O2/c1-2-16-6-10-19(11-7-16)28-15-22(27)26(21-5-3-4-12-25-21)14-17-8-9-18(24)13-20(17)23/h3-13H,2,14-15H2,1H3. The number of hydrogen-bond acceptors (Lipinski definition) is 3. The summed E-state index contributed by atoms with van der Waals surface area (Å²) in [5.74, 6) is 0.381. The molecule has 4 nitrogen and oxygen atoms in total. The number of halogens is 2. The Bertz CT molecular complexity index is 933. The van der Waals surface area contributed by atoms with Crippen LogP contribution in [0.25, 0.3) is 0 Å². The van der Waals surface area contributed by atoms with Crippen LogP contribution in [0.5, 0.6) is 5.75 Å². The van der Waals surface area contributed by atoms with Gasteiger partial charge in [0.1, 0.15) is 17.4 Å². The number of nitrogens with zero attached hydrogens (tertiary/aromatic N) is 2. The number of amides is 1. The van der Waals surface area contributed by atoms with Gasteiger partial charge in [-0.25, -0.2) is 9.37 Å². The van der Waals surface area contributed by atoms with E-state index in [1.54, 1.807) is 30.5 Å². The Morgan fingerprint density at radius 2 is 1.93 bits per heavy atom. The van der Waals surface area contributed by atoms with Crippen LogP contribution in [0.3, 0.4) is 0 Å². The summed E-state index contributed by atoms with van der Waals surface area (Å²) in [6.07, 6.45) is 2.54. The maximum Gasteiger partial charge on any atom is 0.266 e. The third-order valence-electron chi connectivity index (χ3n) is 4.26. The van der Waals surface area contributed by atoms with Crippen molar-refractivity contribution in [2.24, 2.45) is 0 Å². The Morgan fingerprint density at radius 1 is 1.14 bits per heavy atom. The third kappa shape index (κ3) is 5.08. The van der Waals surface area contributed by atoms with Gasteiger partial charge in [0, 0.05) is 11.2 Å². The zero-order valence-corrected chi connectivity index (χ0v) is 16.2. The van der Waals surface area contributed by atoms with Crippen molar-refractivity contribution < 1.29 is 13.9 Å². The van der Waals surface area contributed by atoms with Gasteiger partial charge >= 0.3 is 0 Å². The van der Waals surface area contributed by atoms with Crippen molar-refractivity contribution >= 4 is 23.3 Å². The number of aryl methyl sites for hydroxylation is 1. The largest absolute Gasteiger partial charge is 0.484 e. The van der Waals surface area contributed by atoms with E-state index in [1.807, 2.05) is 24.3 Å². The number of aromatic nitrogens is 1. The molecule has 0 N–H and O–H groups in total. The molecule has 0 aliphatic heterocycles. The maximum atomic E-state index is 13.3. The van der Waals surface area contributed by atoms with Gasteiger partial charge in [0.2, 0.25) is 0 Å². The zero-order chi connectivity index (χ0) is 19.9. The lowest BCUT2D eigenvalue weighted by Gasteiger charge is -2.22. The summed E-state index contributed by atoms with van der Waals surface area (Å²) in [5, 5.41) is 0.254. The summed E-state index contributed by atoms with van der Waals surface area (Å²) in [6, 6.07) is 17.0. The van der Waals surface area contributed by atoms with Gasteiger partial charge in [-0.1, -0.05) is 42.8 Å². The fourth-order valence-electron chi connectivity index (χ4n) is 2.67. The van der Waals surface area contributed by atoms with Crippen LogP contribution < -0.4 is 9.64 Å². The third-order valence-corrected chi connectivity index (χ3v) is 4.62. The van der Waals surface area contributed by atoms with E-state index < -0.39 is 5.82 Å². The molecule has 0 bridgehead atoms. The molecule has 1 amide bonds. The van der Waals surface area contributed by atoms with Crippen LogP contribution in [0.1, 0.15) is 18.1 Å². The second kappa shape index (κ2) is 9.33. The molecule has 0 unspecified atom stereocenters. The molecule has 0 radical (unpaired) electrons. The molecule has 144 valence electrons. The first-order chi connectivity index (χ1) is 13.6. The molecule has 0 fully saturated rings. The molecule has 28 heavy (non-hydrogen) atoms. The van der Waals surface area contributed by atoms with Gasteiger partial charge in [0.15, 0.2) is 6.61 Å². The number of rotatable bonds is 7. The Labute approximate surface area is 168 Å². The Balaban J connectivity index is 1.76. The van der Waals surface area contributed by atoms with Gasteiger partial charge in [-0.15, -0.1) is 0 Å². The van der Waals surface area contributed by atoms with E-state index in [2.05, 4.69) is 11.9 Å². The molecule has 1 heterocycles. The molecule has 1 aromatic heterocycles. The molecule has 0 spiro atoms. The second-order valence-electron chi connectivity index (χ2n) is 6.19. The van der Waals surface area contributed by atoms with Gasteiger partial charge < -0.3 is 4.74 Å². The molecule has 0 saturated carbocycles. The van der Waals surface area contributed by atoms with Crippen molar-refractivity contribution in [2.75, 3.05) is 11.5 Å². The fourth-order valence-corrected chi connectivity index (χ4v) is 2.90. The van der Waals surface area contributed by atoms with Crippen molar-refractivity contribution in [3.8, 4) is 5.75 Å². The Kier molecular flexibility index (Phi) is 6.61. The highest BCUT2D eigenvalue weighted by molar-refractivity contribution is 6.31. The van der Waals surface area contributed by atoms with Crippen LogP contribution in [0.4, 0.5) is 10.2 Å². The molecule has 2 aromatic carbocycles. The predicted molar refractivity (Wildman–Crippen MR) is 108 cm³/mol. The van der Waals surface area contributed by atoms with E-state index in [9.17, 15) is 9.18 Å². The zero-order valence-electron chi connectivity index (χ0n) is 15.4. The Hall–Kier alpha value is -2.92. The first-order valence-corrected chi connectivity index (χ1v) is 9.31. The SMILES string of the molecule is CCc1ccc(OCC(=O)N(Cc2ccc(F)cc2Cl)c2ccccn2)cc1. The molecule has 0 aliphatic carbocycles. The van der Waals surface area contributed by atoms with E-state index in [1.165, 1.54) is 22.6 Å². The summed E-state index contributed by atoms with van der Waals surface area (Å²) >= 11 is 6.14. The van der Waals surface area contributed by atoms with Crippen molar-refractivity contribution in [1.29, 1.82) is 0 Å². The average molecular weight is 399 g/mol. The van der Waals surface area contributed by atoms with Gasteiger partial charge in [-0.3, -0.25) is 9.69 Å². The normalized spacial score (nSPS) is 10.5. The number of ether oxygens (including phenoxy) is 1. The van der Waals surface area contributed by atoms with Crippen molar-refractivity contribution in [3.63, 3.8) is 0 Å². The van der Waals surface area contributed by atoms with Crippen LogP contribution in [-0.4, -0.2) is 17.5 Å². The van der Waals surface area contributed by atoms with E-state index in [0.717, 1.165) is 6.42 Å². The van der Waals surface area contributed by atoms with Crippen molar-refractivity contribution in [3.05, 3.63) is 88.8 Å². The smallest absolute Gasteiger partial charge is 0.266 e. The first kappa shape index (κ1) is 19.8. The van der Waals surface area contributed by atoms with Crippen LogP contribution in [-0.2, 0) is 17.8 Å². The van der Waals surface area contributed by atoms with Crippen LogP contribution in [0.15, 0.2) is 66.9 Å². The average Bonchev–Trinajstić information content (AvgIpc) is 2.72. The summed E-state index contributed by atoms with van der Waals surface area (Å²) < 4.78 is 19.0. The number of pyridine rings is 1. The van der Waals surface area contributed by atoms with E-state index >= 15 is 0 Å². The summed E-state index contributed by atoms with van der Waals surface area (Å²) in [4.78, 5) is 18.6. The van der Waals surface area contributed by atoms with Crippen LogP contribution in [0.2, 0.25) is 5.02 Å². The van der Waals surface area contributed by atoms with Crippen LogP contribution >= 0.6 is 11.6 Å². The van der Waals surface area contributed by atoms with E-state index in [4.69, 9.17) is 16.3 Å². The summed E-state index contributed by atoms with van der Waals surface area (Å²) in [6.45, 7) is 2.08. The number of carbonyl (C=O) groups is 1.